The Hall–Kier alpha value is -3.77. The summed E-state index contributed by atoms with van der Waals surface area (Å²) in [6, 6.07) is 22.2. The normalized spacial score (nSPS) is 15.2. The van der Waals surface area contributed by atoms with Crippen molar-refractivity contribution in [3.8, 4) is 11.5 Å². The molecule has 0 saturated carbocycles. The lowest BCUT2D eigenvalue weighted by molar-refractivity contribution is -0.122. The lowest BCUT2D eigenvalue weighted by Crippen LogP contribution is -2.54. The Morgan fingerprint density at radius 1 is 0.903 bits per heavy atom. The molecule has 0 atom stereocenters. The van der Waals surface area contributed by atoms with Crippen LogP contribution < -0.4 is 15.0 Å². The average Bonchev–Trinajstić information content (AvgIpc) is 2.74. The summed E-state index contributed by atoms with van der Waals surface area (Å²) in [5.41, 5.74) is 3.48. The van der Waals surface area contributed by atoms with Gasteiger partial charge in [-0.15, -0.1) is 0 Å². The molecular weight excluding hydrogens is 408 g/mol. The van der Waals surface area contributed by atoms with Crippen molar-refractivity contribution >= 4 is 40.9 Å². The highest BCUT2D eigenvalue weighted by Gasteiger charge is 2.34. The number of nitrogens with zero attached hydrogens (tertiary/aromatic N) is 1. The van der Waals surface area contributed by atoms with E-state index < -0.39 is 11.8 Å². The van der Waals surface area contributed by atoms with Crippen LogP contribution in [0.3, 0.4) is 0 Å². The van der Waals surface area contributed by atoms with E-state index in [2.05, 4.69) is 5.32 Å². The van der Waals surface area contributed by atoms with Gasteiger partial charge in [0.25, 0.3) is 11.8 Å². The molecule has 1 heterocycles. The van der Waals surface area contributed by atoms with Crippen LogP contribution in [0.15, 0.2) is 78.4 Å². The van der Waals surface area contributed by atoms with Crippen LogP contribution in [0.1, 0.15) is 16.7 Å². The minimum absolute atomic E-state index is 0.0326. The predicted molar refractivity (Wildman–Crippen MR) is 125 cm³/mol. The van der Waals surface area contributed by atoms with E-state index in [4.69, 9.17) is 17.0 Å². The molecule has 1 aliphatic heterocycles. The number of aryl methyl sites for hydroxylation is 2. The molecule has 6 heteroatoms. The number of thiocarbonyl (C=S) groups is 1. The Morgan fingerprint density at radius 3 is 2.26 bits per heavy atom. The molecule has 0 radical (unpaired) electrons. The van der Waals surface area contributed by atoms with E-state index in [-0.39, 0.29) is 10.7 Å². The second-order valence-corrected chi connectivity index (χ2v) is 7.61. The molecule has 3 aromatic carbocycles. The monoisotopic (exact) mass is 428 g/mol. The number of carbonyl (C=O) groups is 2. The van der Waals surface area contributed by atoms with Crippen LogP contribution in [0.25, 0.3) is 6.08 Å². The number of rotatable bonds is 4. The van der Waals surface area contributed by atoms with Gasteiger partial charge >= 0.3 is 0 Å². The second kappa shape index (κ2) is 8.53. The lowest BCUT2D eigenvalue weighted by atomic mass is 10.0. The Labute approximate surface area is 186 Å². The Balaban J connectivity index is 1.62. The number of amides is 2. The highest BCUT2D eigenvalue weighted by Crippen LogP contribution is 2.27. The van der Waals surface area contributed by atoms with Crippen molar-refractivity contribution < 1.29 is 14.3 Å². The predicted octanol–water partition coefficient (Wildman–Crippen LogP) is 4.93. The van der Waals surface area contributed by atoms with Crippen LogP contribution >= 0.6 is 12.2 Å². The molecule has 0 bridgehead atoms. The second-order valence-electron chi connectivity index (χ2n) is 7.23. The summed E-state index contributed by atoms with van der Waals surface area (Å²) in [6.07, 6.45) is 1.61. The maximum absolute atomic E-state index is 13.2. The number of para-hydroxylation sites is 1. The van der Waals surface area contributed by atoms with Gasteiger partial charge in [0.15, 0.2) is 5.11 Å². The van der Waals surface area contributed by atoms with Crippen LogP contribution in [0, 0.1) is 13.8 Å². The smallest absolute Gasteiger partial charge is 0.270 e. The maximum atomic E-state index is 13.2. The maximum Gasteiger partial charge on any atom is 0.270 e. The van der Waals surface area contributed by atoms with Gasteiger partial charge in [0, 0.05) is 0 Å². The summed E-state index contributed by atoms with van der Waals surface area (Å²) < 4.78 is 5.80. The first-order chi connectivity index (χ1) is 14.9. The van der Waals surface area contributed by atoms with Gasteiger partial charge in [-0.25, -0.2) is 0 Å². The topological polar surface area (TPSA) is 58.6 Å². The van der Waals surface area contributed by atoms with Gasteiger partial charge in [-0.05, 0) is 79.7 Å². The average molecular weight is 429 g/mol. The fraction of sp³-hybridized carbons (Fsp3) is 0.0800. The molecule has 2 amide bonds. The summed E-state index contributed by atoms with van der Waals surface area (Å²) in [7, 11) is 0. The van der Waals surface area contributed by atoms with Crippen LogP contribution in [0.5, 0.6) is 11.5 Å². The molecule has 0 unspecified atom stereocenters. The fourth-order valence-electron chi connectivity index (χ4n) is 3.32. The summed E-state index contributed by atoms with van der Waals surface area (Å²) in [4.78, 5) is 27.0. The molecule has 1 N–H and O–H groups in total. The molecule has 4 rings (SSSR count). The number of anilines is 1. The Bertz CT molecular complexity index is 1200. The Kier molecular flexibility index (Phi) is 5.64. The molecule has 0 aromatic heterocycles. The summed E-state index contributed by atoms with van der Waals surface area (Å²) in [5.74, 6) is 0.367. The van der Waals surface area contributed by atoms with Crippen molar-refractivity contribution in [2.75, 3.05) is 4.90 Å². The first-order valence-corrected chi connectivity index (χ1v) is 10.1. The van der Waals surface area contributed by atoms with Crippen LogP contribution in [0.2, 0.25) is 0 Å². The largest absolute Gasteiger partial charge is 0.457 e. The Morgan fingerprint density at radius 2 is 1.58 bits per heavy atom. The third kappa shape index (κ3) is 4.39. The first-order valence-electron chi connectivity index (χ1n) is 9.74. The zero-order chi connectivity index (χ0) is 22.0. The highest BCUT2D eigenvalue weighted by molar-refractivity contribution is 7.80. The molecule has 0 aliphatic carbocycles. The van der Waals surface area contributed by atoms with E-state index in [0.717, 1.165) is 16.7 Å². The minimum Gasteiger partial charge on any atom is -0.457 e. The van der Waals surface area contributed by atoms with Crippen molar-refractivity contribution in [3.63, 3.8) is 0 Å². The molecule has 154 valence electrons. The molecular formula is C25H20N2O3S. The summed E-state index contributed by atoms with van der Waals surface area (Å²) in [5, 5.41) is 2.66. The molecule has 3 aromatic rings. The van der Waals surface area contributed by atoms with Crippen molar-refractivity contribution in [3.05, 3.63) is 95.1 Å². The van der Waals surface area contributed by atoms with Gasteiger partial charge < -0.3 is 4.74 Å². The quantitative estimate of drug-likeness (QED) is 0.364. The van der Waals surface area contributed by atoms with Crippen LogP contribution in [-0.4, -0.2) is 16.9 Å². The third-order valence-electron chi connectivity index (χ3n) is 4.90. The number of hydrogen-bond donors (Lipinski definition) is 1. The van der Waals surface area contributed by atoms with Crippen molar-refractivity contribution in [2.24, 2.45) is 0 Å². The van der Waals surface area contributed by atoms with Gasteiger partial charge in [0.2, 0.25) is 0 Å². The van der Waals surface area contributed by atoms with E-state index in [1.165, 1.54) is 4.90 Å². The summed E-state index contributed by atoms with van der Waals surface area (Å²) >= 11 is 5.28. The number of carbonyl (C=O) groups excluding carboxylic acids is 2. The zero-order valence-corrected chi connectivity index (χ0v) is 17.9. The van der Waals surface area contributed by atoms with Crippen LogP contribution in [-0.2, 0) is 9.59 Å². The molecule has 0 spiro atoms. The van der Waals surface area contributed by atoms with Crippen molar-refractivity contribution in [2.45, 2.75) is 13.8 Å². The summed E-state index contributed by atoms with van der Waals surface area (Å²) in [6.45, 7) is 3.94. The zero-order valence-electron chi connectivity index (χ0n) is 17.1. The number of benzene rings is 3. The van der Waals surface area contributed by atoms with Gasteiger partial charge in [0.1, 0.15) is 17.1 Å². The fourth-order valence-corrected chi connectivity index (χ4v) is 3.60. The van der Waals surface area contributed by atoms with E-state index >= 15 is 0 Å². The SMILES string of the molecule is Cc1ccc(C=C2C(=O)NC(=S)N(c3ccc(Oc4ccccc4)cc3)C2=O)c(C)c1. The van der Waals surface area contributed by atoms with Gasteiger partial charge in [-0.3, -0.25) is 19.8 Å². The third-order valence-corrected chi connectivity index (χ3v) is 5.19. The van der Waals surface area contributed by atoms with Gasteiger partial charge in [-0.2, -0.15) is 0 Å². The lowest BCUT2D eigenvalue weighted by Gasteiger charge is -2.29. The van der Waals surface area contributed by atoms with Gasteiger partial charge in [0.05, 0.1) is 5.69 Å². The van der Waals surface area contributed by atoms with Crippen molar-refractivity contribution in [1.29, 1.82) is 0 Å². The van der Waals surface area contributed by atoms with Gasteiger partial charge in [-0.1, -0.05) is 42.0 Å². The van der Waals surface area contributed by atoms with E-state index in [0.29, 0.717) is 17.2 Å². The van der Waals surface area contributed by atoms with E-state index in [1.54, 1.807) is 30.3 Å². The number of ether oxygens (including phenoxy) is 1. The number of nitrogens with one attached hydrogen (secondary N) is 1. The first kappa shape index (κ1) is 20.5. The van der Waals surface area contributed by atoms with E-state index in [1.807, 2.05) is 62.4 Å². The highest BCUT2D eigenvalue weighted by atomic mass is 32.1. The molecule has 1 saturated heterocycles. The number of hydrogen-bond acceptors (Lipinski definition) is 4. The minimum atomic E-state index is -0.504. The molecule has 1 aliphatic rings. The standard InChI is InChI=1S/C25H20N2O3S/c1-16-8-9-18(17(2)14-16)15-22-23(28)26-25(31)27(24(22)29)19-10-12-21(13-11-19)30-20-6-4-3-5-7-20/h3-15H,1-2H3,(H,26,28,31). The van der Waals surface area contributed by atoms with Crippen LogP contribution in [0.4, 0.5) is 5.69 Å². The van der Waals surface area contributed by atoms with E-state index in [9.17, 15) is 9.59 Å². The molecule has 5 nitrogen and oxygen atoms in total. The molecule has 1 fully saturated rings. The molecule has 31 heavy (non-hydrogen) atoms. The van der Waals surface area contributed by atoms with Crippen molar-refractivity contribution in [1.82, 2.24) is 5.32 Å².